The monoisotopic (exact) mass is 543 g/mol. The molecular formula is C32H41N5O3. The molecule has 0 aliphatic carbocycles. The second kappa shape index (κ2) is 13.5. The first-order valence-corrected chi connectivity index (χ1v) is 14.5. The zero-order chi connectivity index (χ0) is 27.9. The Morgan fingerprint density at radius 2 is 1.73 bits per heavy atom. The number of nitrogens with one attached hydrogen (secondary N) is 1. The molecule has 1 atom stereocenters. The maximum absolute atomic E-state index is 13.1. The lowest BCUT2D eigenvalue weighted by Gasteiger charge is -2.37. The maximum atomic E-state index is 13.1. The number of Topliss-reactive ketones (excluding diaryl/α,β-unsaturated/α-hetero) is 2. The van der Waals surface area contributed by atoms with Gasteiger partial charge in [-0.2, -0.15) is 0 Å². The maximum Gasteiger partial charge on any atom is 0.262 e. The SMILES string of the molecule is CN1CCN(Cc2ccc3c(c2)NCN(CCCCN2CC=C(c4ccccc4)CC2)C3C(=O)C(=O)C=O)CC1. The van der Waals surface area contributed by atoms with Crippen LogP contribution in [-0.2, 0) is 20.9 Å². The summed E-state index contributed by atoms with van der Waals surface area (Å²) in [6, 6.07) is 16.0. The highest BCUT2D eigenvalue weighted by molar-refractivity contribution is 6.58. The average Bonchev–Trinajstić information content (AvgIpc) is 3.00. The standard InChI is InChI=1S/C32H41N5O3/c1-34-17-19-36(20-18-34)22-25-9-10-28-29(21-25)33-24-37(31(28)32(40)30(39)23-38)14-6-5-13-35-15-11-27(12-16-35)26-7-3-2-4-8-26/h2-4,7-11,21,23,31,33H,5-6,12-20,22,24H2,1H3. The number of ketones is 2. The molecule has 3 aliphatic rings. The van der Waals surface area contributed by atoms with Gasteiger partial charge in [-0.1, -0.05) is 48.5 Å². The lowest BCUT2D eigenvalue weighted by Crippen LogP contribution is -2.45. The second-order valence-corrected chi connectivity index (χ2v) is 11.3. The fourth-order valence-corrected chi connectivity index (χ4v) is 6.02. The summed E-state index contributed by atoms with van der Waals surface area (Å²) in [7, 11) is 2.15. The van der Waals surface area contributed by atoms with Crippen molar-refractivity contribution in [1.29, 1.82) is 0 Å². The van der Waals surface area contributed by atoms with Gasteiger partial charge in [-0.05, 0) is 55.6 Å². The third-order valence-electron chi connectivity index (χ3n) is 8.46. The van der Waals surface area contributed by atoms with E-state index in [0.717, 1.165) is 82.9 Å². The van der Waals surface area contributed by atoms with Crippen LogP contribution in [0.15, 0.2) is 54.6 Å². The summed E-state index contributed by atoms with van der Waals surface area (Å²) < 4.78 is 0. The number of rotatable bonds is 11. The van der Waals surface area contributed by atoms with Crippen molar-refractivity contribution in [3.63, 3.8) is 0 Å². The van der Waals surface area contributed by atoms with Gasteiger partial charge < -0.3 is 10.2 Å². The van der Waals surface area contributed by atoms with Gasteiger partial charge in [0.2, 0.25) is 5.78 Å². The lowest BCUT2D eigenvalue weighted by molar-refractivity contribution is -0.142. The fourth-order valence-electron chi connectivity index (χ4n) is 6.02. The highest BCUT2D eigenvalue weighted by atomic mass is 16.2. The van der Waals surface area contributed by atoms with Crippen LogP contribution in [0.3, 0.4) is 0 Å². The molecule has 1 unspecified atom stereocenters. The highest BCUT2D eigenvalue weighted by Gasteiger charge is 2.36. The summed E-state index contributed by atoms with van der Waals surface area (Å²) in [4.78, 5) is 45.8. The number of hydrogen-bond acceptors (Lipinski definition) is 8. The predicted octanol–water partition coefficient (Wildman–Crippen LogP) is 3.07. The molecule has 1 fully saturated rings. The molecule has 3 heterocycles. The van der Waals surface area contributed by atoms with Crippen LogP contribution >= 0.6 is 0 Å². The third kappa shape index (κ3) is 6.93. The van der Waals surface area contributed by atoms with Crippen LogP contribution in [0.25, 0.3) is 5.57 Å². The minimum atomic E-state index is -0.960. The summed E-state index contributed by atoms with van der Waals surface area (Å²) >= 11 is 0. The van der Waals surface area contributed by atoms with Crippen molar-refractivity contribution < 1.29 is 14.4 Å². The van der Waals surface area contributed by atoms with Crippen molar-refractivity contribution in [2.24, 2.45) is 0 Å². The molecule has 8 nitrogen and oxygen atoms in total. The van der Waals surface area contributed by atoms with E-state index in [1.165, 1.54) is 16.7 Å². The number of aldehydes is 1. The van der Waals surface area contributed by atoms with Crippen molar-refractivity contribution in [3.05, 3.63) is 71.3 Å². The zero-order valence-electron chi connectivity index (χ0n) is 23.6. The number of benzene rings is 2. The van der Waals surface area contributed by atoms with E-state index in [9.17, 15) is 14.4 Å². The number of carbonyl (C=O) groups excluding carboxylic acids is 3. The van der Waals surface area contributed by atoms with Crippen LogP contribution in [0.2, 0.25) is 0 Å². The first-order chi connectivity index (χ1) is 19.5. The van der Waals surface area contributed by atoms with E-state index in [4.69, 9.17) is 0 Å². The number of anilines is 1. The van der Waals surface area contributed by atoms with Crippen LogP contribution in [0.1, 0.15) is 42.0 Å². The van der Waals surface area contributed by atoms with Gasteiger partial charge in [0.05, 0.1) is 6.67 Å². The van der Waals surface area contributed by atoms with E-state index in [-0.39, 0.29) is 6.29 Å². The van der Waals surface area contributed by atoms with Crippen molar-refractivity contribution in [2.75, 3.05) is 71.4 Å². The van der Waals surface area contributed by atoms with Crippen LogP contribution in [0, 0.1) is 0 Å². The molecule has 0 saturated carbocycles. The van der Waals surface area contributed by atoms with E-state index in [2.05, 4.69) is 75.6 Å². The third-order valence-corrected chi connectivity index (χ3v) is 8.46. The Balaban J connectivity index is 1.17. The first kappa shape index (κ1) is 28.4. The normalized spacial score (nSPS) is 20.8. The molecule has 3 aliphatic heterocycles. The van der Waals surface area contributed by atoms with Gasteiger partial charge in [-0.25, -0.2) is 0 Å². The lowest BCUT2D eigenvalue weighted by atomic mass is 9.93. The number of likely N-dealkylation sites (N-methyl/N-ethyl adjacent to an activating group) is 1. The molecule has 0 radical (unpaired) electrons. The molecule has 2 aromatic rings. The van der Waals surface area contributed by atoms with E-state index in [1.54, 1.807) is 0 Å². The number of fused-ring (bicyclic) bond motifs is 1. The molecular weight excluding hydrogens is 502 g/mol. The number of unbranched alkanes of at least 4 members (excludes halogenated alkanes) is 1. The summed E-state index contributed by atoms with van der Waals surface area (Å²) in [5.41, 5.74) is 5.58. The van der Waals surface area contributed by atoms with Gasteiger partial charge in [0.25, 0.3) is 5.78 Å². The smallest absolute Gasteiger partial charge is 0.262 e. The van der Waals surface area contributed by atoms with Gasteiger partial charge in [0.1, 0.15) is 6.04 Å². The van der Waals surface area contributed by atoms with Crippen molar-refractivity contribution in [3.8, 4) is 0 Å². The molecule has 40 heavy (non-hydrogen) atoms. The van der Waals surface area contributed by atoms with Crippen molar-refractivity contribution in [1.82, 2.24) is 19.6 Å². The van der Waals surface area contributed by atoms with Crippen molar-refractivity contribution >= 4 is 29.1 Å². The van der Waals surface area contributed by atoms with Gasteiger partial charge in [-0.15, -0.1) is 0 Å². The number of nitrogens with zero attached hydrogens (tertiary/aromatic N) is 4. The topological polar surface area (TPSA) is 76.2 Å². The summed E-state index contributed by atoms with van der Waals surface area (Å²) in [6.07, 6.45) is 5.45. The highest BCUT2D eigenvalue weighted by Crippen LogP contribution is 2.34. The Morgan fingerprint density at radius 3 is 2.45 bits per heavy atom. The minimum absolute atomic E-state index is 0.150. The minimum Gasteiger partial charge on any atom is -0.372 e. The Hall–Kier alpha value is -3.17. The number of piperazine rings is 1. The summed E-state index contributed by atoms with van der Waals surface area (Å²) in [6.45, 7) is 9.19. The van der Waals surface area contributed by atoms with Crippen molar-refractivity contribution in [2.45, 2.75) is 31.8 Å². The van der Waals surface area contributed by atoms with E-state index in [1.807, 2.05) is 11.0 Å². The quantitative estimate of drug-likeness (QED) is 0.201. The predicted molar refractivity (Wildman–Crippen MR) is 158 cm³/mol. The zero-order valence-corrected chi connectivity index (χ0v) is 23.6. The molecule has 0 aromatic heterocycles. The van der Waals surface area contributed by atoms with Crippen LogP contribution < -0.4 is 5.32 Å². The van der Waals surface area contributed by atoms with Gasteiger partial charge in [0, 0.05) is 63.6 Å². The molecule has 8 heteroatoms. The number of carbonyl (C=O) groups is 3. The fraction of sp³-hybridized carbons (Fsp3) is 0.469. The molecule has 212 valence electrons. The average molecular weight is 544 g/mol. The molecule has 0 spiro atoms. The number of hydrogen-bond donors (Lipinski definition) is 1. The van der Waals surface area contributed by atoms with Crippen LogP contribution in [0.4, 0.5) is 5.69 Å². The van der Waals surface area contributed by atoms with E-state index < -0.39 is 17.6 Å². The van der Waals surface area contributed by atoms with Gasteiger partial charge in [-0.3, -0.25) is 29.1 Å². The molecule has 1 N–H and O–H groups in total. The van der Waals surface area contributed by atoms with Gasteiger partial charge >= 0.3 is 0 Å². The Kier molecular flexibility index (Phi) is 9.54. The Morgan fingerprint density at radius 1 is 0.950 bits per heavy atom. The summed E-state index contributed by atoms with van der Waals surface area (Å²) in [5.74, 6) is -1.60. The molecule has 2 aromatic carbocycles. The molecule has 0 bridgehead atoms. The summed E-state index contributed by atoms with van der Waals surface area (Å²) in [5, 5.41) is 3.48. The largest absolute Gasteiger partial charge is 0.372 e. The van der Waals surface area contributed by atoms with Crippen LogP contribution in [-0.4, -0.2) is 104 Å². The Bertz CT molecular complexity index is 1220. The first-order valence-electron chi connectivity index (χ1n) is 14.5. The van der Waals surface area contributed by atoms with Crippen LogP contribution in [0.5, 0.6) is 0 Å². The second-order valence-electron chi connectivity index (χ2n) is 11.3. The Labute approximate surface area is 237 Å². The van der Waals surface area contributed by atoms with E-state index in [0.29, 0.717) is 13.2 Å². The molecule has 5 rings (SSSR count). The van der Waals surface area contributed by atoms with E-state index >= 15 is 0 Å². The molecule has 1 saturated heterocycles. The van der Waals surface area contributed by atoms with Gasteiger partial charge in [0.15, 0.2) is 6.29 Å². The molecule has 0 amide bonds.